The van der Waals surface area contributed by atoms with Gasteiger partial charge in [-0.05, 0) is 55.9 Å². The predicted octanol–water partition coefficient (Wildman–Crippen LogP) is 4.13. The van der Waals surface area contributed by atoms with Gasteiger partial charge in [-0.1, -0.05) is 6.92 Å². The smallest absolute Gasteiger partial charge is 0.270 e. The molecule has 1 amide bonds. The lowest BCUT2D eigenvalue weighted by Gasteiger charge is -2.26. The van der Waals surface area contributed by atoms with Gasteiger partial charge < -0.3 is 10.1 Å². The fourth-order valence-electron chi connectivity index (χ4n) is 2.91. The van der Waals surface area contributed by atoms with Crippen LogP contribution in [0.4, 0.5) is 0 Å². The van der Waals surface area contributed by atoms with Gasteiger partial charge in [0, 0.05) is 17.0 Å². The Labute approximate surface area is 140 Å². The lowest BCUT2D eigenvalue weighted by Crippen LogP contribution is -2.37. The molecule has 1 N–H and O–H groups in total. The topological polar surface area (TPSA) is 51.2 Å². The molecule has 1 aromatic carbocycles. The maximum Gasteiger partial charge on any atom is 0.270 e. The first kappa shape index (κ1) is 16.0. The zero-order valence-corrected chi connectivity index (χ0v) is 14.4. The van der Waals surface area contributed by atoms with Gasteiger partial charge in [-0.2, -0.15) is 0 Å². The summed E-state index contributed by atoms with van der Waals surface area (Å²) in [6.45, 7) is 2.28. The Bertz CT molecular complexity index is 658. The highest BCUT2D eigenvalue weighted by Crippen LogP contribution is 2.27. The van der Waals surface area contributed by atoms with Gasteiger partial charge in [0.15, 0.2) is 0 Å². The van der Waals surface area contributed by atoms with Crippen molar-refractivity contribution in [1.82, 2.24) is 10.3 Å². The fraction of sp³-hybridized carbons (Fsp3) is 0.444. The number of amides is 1. The highest BCUT2D eigenvalue weighted by atomic mass is 32.1. The largest absolute Gasteiger partial charge is 0.497 e. The van der Waals surface area contributed by atoms with E-state index in [2.05, 4.69) is 17.2 Å². The highest BCUT2D eigenvalue weighted by molar-refractivity contribution is 7.13. The standard InChI is InChI=1S/C18H22N2O2S/c1-12-3-7-14(8-4-12)19-17(21)16-11-23-18(20-16)13-5-9-15(22-2)10-6-13/h5-6,9-12,14H,3-4,7-8H2,1-2H3,(H,19,21). The number of thiazole rings is 1. The summed E-state index contributed by atoms with van der Waals surface area (Å²) in [6, 6.07) is 8.02. The Hall–Kier alpha value is -1.88. The summed E-state index contributed by atoms with van der Waals surface area (Å²) in [6.07, 6.45) is 4.53. The maximum atomic E-state index is 12.4. The van der Waals surface area contributed by atoms with Crippen molar-refractivity contribution < 1.29 is 9.53 Å². The van der Waals surface area contributed by atoms with Crippen LogP contribution in [0.3, 0.4) is 0 Å². The number of rotatable bonds is 4. The van der Waals surface area contributed by atoms with E-state index in [-0.39, 0.29) is 5.91 Å². The van der Waals surface area contributed by atoms with Crippen molar-refractivity contribution in [1.29, 1.82) is 0 Å². The SMILES string of the molecule is COc1ccc(-c2nc(C(=O)NC3CCC(C)CC3)cs2)cc1. The van der Waals surface area contributed by atoms with Crippen molar-refractivity contribution in [3.63, 3.8) is 0 Å². The normalized spacial score (nSPS) is 21.0. The number of methoxy groups -OCH3 is 1. The number of nitrogens with one attached hydrogen (secondary N) is 1. The lowest BCUT2D eigenvalue weighted by atomic mass is 9.87. The molecule has 0 saturated heterocycles. The molecule has 4 nitrogen and oxygen atoms in total. The molecule has 3 rings (SSSR count). The second-order valence-corrected chi connectivity index (χ2v) is 7.05. The third-order valence-corrected chi connectivity index (χ3v) is 5.32. The number of benzene rings is 1. The zero-order valence-electron chi connectivity index (χ0n) is 13.5. The highest BCUT2D eigenvalue weighted by Gasteiger charge is 2.21. The number of nitrogens with zero attached hydrogens (tertiary/aromatic N) is 1. The zero-order chi connectivity index (χ0) is 16.2. The van der Waals surface area contributed by atoms with Crippen LogP contribution >= 0.6 is 11.3 Å². The van der Waals surface area contributed by atoms with E-state index in [0.717, 1.165) is 35.1 Å². The first-order chi connectivity index (χ1) is 11.2. The van der Waals surface area contributed by atoms with Crippen LogP contribution in [-0.2, 0) is 0 Å². The van der Waals surface area contributed by atoms with Gasteiger partial charge in [0.2, 0.25) is 0 Å². The first-order valence-corrected chi connectivity index (χ1v) is 8.94. The van der Waals surface area contributed by atoms with Crippen molar-refractivity contribution in [2.45, 2.75) is 38.6 Å². The number of hydrogen-bond acceptors (Lipinski definition) is 4. The molecule has 0 bridgehead atoms. The quantitative estimate of drug-likeness (QED) is 0.917. The van der Waals surface area contributed by atoms with E-state index in [1.165, 1.54) is 24.2 Å². The average Bonchev–Trinajstić information content (AvgIpc) is 3.07. The van der Waals surface area contributed by atoms with E-state index >= 15 is 0 Å². The number of aromatic nitrogens is 1. The van der Waals surface area contributed by atoms with Gasteiger partial charge in [-0.25, -0.2) is 4.98 Å². The molecule has 1 heterocycles. The molecule has 0 atom stereocenters. The summed E-state index contributed by atoms with van der Waals surface area (Å²) < 4.78 is 5.16. The van der Waals surface area contributed by atoms with Crippen LogP contribution in [-0.4, -0.2) is 24.0 Å². The number of hydrogen-bond donors (Lipinski definition) is 1. The van der Waals surface area contributed by atoms with E-state index in [4.69, 9.17) is 4.74 Å². The molecule has 1 saturated carbocycles. The van der Waals surface area contributed by atoms with E-state index in [1.807, 2.05) is 29.6 Å². The van der Waals surface area contributed by atoms with Gasteiger partial charge >= 0.3 is 0 Å². The molecule has 23 heavy (non-hydrogen) atoms. The van der Waals surface area contributed by atoms with Gasteiger partial charge in [0.05, 0.1) is 7.11 Å². The maximum absolute atomic E-state index is 12.4. The second kappa shape index (κ2) is 7.13. The summed E-state index contributed by atoms with van der Waals surface area (Å²) >= 11 is 1.49. The number of carbonyl (C=O) groups excluding carboxylic acids is 1. The molecule has 1 aromatic heterocycles. The Morgan fingerprint density at radius 1 is 1.22 bits per heavy atom. The summed E-state index contributed by atoms with van der Waals surface area (Å²) in [5.41, 5.74) is 1.51. The predicted molar refractivity (Wildman–Crippen MR) is 93.0 cm³/mol. The molecule has 0 radical (unpaired) electrons. The first-order valence-electron chi connectivity index (χ1n) is 8.06. The van der Waals surface area contributed by atoms with Crippen LogP contribution in [0, 0.1) is 5.92 Å². The molecule has 1 aliphatic carbocycles. The summed E-state index contributed by atoms with van der Waals surface area (Å²) in [5, 5.41) is 5.81. The van der Waals surface area contributed by atoms with Crippen LogP contribution in [0.15, 0.2) is 29.6 Å². The Morgan fingerprint density at radius 3 is 2.57 bits per heavy atom. The molecule has 5 heteroatoms. The van der Waals surface area contributed by atoms with Crippen molar-refractivity contribution in [3.05, 3.63) is 35.3 Å². The summed E-state index contributed by atoms with van der Waals surface area (Å²) in [7, 11) is 1.65. The molecular weight excluding hydrogens is 308 g/mol. The molecule has 1 fully saturated rings. The van der Waals surface area contributed by atoms with Crippen molar-refractivity contribution in [2.75, 3.05) is 7.11 Å². The van der Waals surface area contributed by atoms with Gasteiger partial charge in [0.25, 0.3) is 5.91 Å². The summed E-state index contributed by atoms with van der Waals surface area (Å²) in [5.74, 6) is 1.54. The molecule has 1 aliphatic rings. The van der Waals surface area contributed by atoms with E-state index in [1.54, 1.807) is 7.11 Å². The molecule has 0 aliphatic heterocycles. The van der Waals surface area contributed by atoms with E-state index in [9.17, 15) is 4.79 Å². The second-order valence-electron chi connectivity index (χ2n) is 6.20. The fourth-order valence-corrected chi connectivity index (χ4v) is 3.71. The molecular formula is C18H22N2O2S. The van der Waals surface area contributed by atoms with Gasteiger partial charge in [-0.15, -0.1) is 11.3 Å². The monoisotopic (exact) mass is 330 g/mol. The number of carbonyl (C=O) groups is 1. The minimum atomic E-state index is -0.0550. The van der Waals surface area contributed by atoms with Crippen molar-refractivity contribution in [2.24, 2.45) is 5.92 Å². The Balaban J connectivity index is 1.64. The third-order valence-electron chi connectivity index (χ3n) is 4.42. The van der Waals surface area contributed by atoms with Crippen LogP contribution < -0.4 is 10.1 Å². The van der Waals surface area contributed by atoms with Crippen LogP contribution in [0.25, 0.3) is 10.6 Å². The number of ether oxygens (including phenoxy) is 1. The molecule has 0 unspecified atom stereocenters. The van der Waals surface area contributed by atoms with Gasteiger partial charge in [0.1, 0.15) is 16.5 Å². The molecule has 122 valence electrons. The average molecular weight is 330 g/mol. The van der Waals surface area contributed by atoms with E-state index < -0.39 is 0 Å². The minimum Gasteiger partial charge on any atom is -0.497 e. The van der Waals surface area contributed by atoms with Gasteiger partial charge in [-0.3, -0.25) is 4.79 Å². The van der Waals surface area contributed by atoms with Crippen LogP contribution in [0.5, 0.6) is 5.75 Å². The van der Waals surface area contributed by atoms with Crippen LogP contribution in [0.1, 0.15) is 43.1 Å². The van der Waals surface area contributed by atoms with Crippen molar-refractivity contribution >= 4 is 17.2 Å². The molecule has 0 spiro atoms. The summed E-state index contributed by atoms with van der Waals surface area (Å²) in [4.78, 5) is 16.8. The Morgan fingerprint density at radius 2 is 1.91 bits per heavy atom. The Kier molecular flexibility index (Phi) is 4.96. The van der Waals surface area contributed by atoms with Crippen LogP contribution in [0.2, 0.25) is 0 Å². The lowest BCUT2D eigenvalue weighted by molar-refractivity contribution is 0.0918. The van der Waals surface area contributed by atoms with E-state index in [0.29, 0.717) is 11.7 Å². The minimum absolute atomic E-state index is 0.0550. The molecule has 2 aromatic rings. The third kappa shape index (κ3) is 3.91. The van der Waals surface area contributed by atoms with Crippen molar-refractivity contribution in [3.8, 4) is 16.3 Å².